The summed E-state index contributed by atoms with van der Waals surface area (Å²) in [4.78, 5) is 10.5. The number of anilines is 3. The summed E-state index contributed by atoms with van der Waals surface area (Å²) in [5.74, 6) is 0.125. The van der Waals surface area contributed by atoms with Crippen LogP contribution in [0, 0.1) is 0 Å². The van der Waals surface area contributed by atoms with Gasteiger partial charge < -0.3 is 17.2 Å². The normalized spacial score (nSPS) is 7.91. The molecule has 0 atom stereocenters. The number of aromatic nitrogens is 3. The number of hydrogen-bond acceptors (Lipinski definition) is 7. The third-order valence-corrected chi connectivity index (χ3v) is 0.687. The molecule has 0 fully saturated rings. The van der Waals surface area contributed by atoms with Gasteiger partial charge in [0.25, 0.3) is 0 Å². The summed E-state index contributed by atoms with van der Waals surface area (Å²) >= 11 is 0.611. The number of nitrogens with two attached hydrogens (primary N) is 3. The van der Waals surface area contributed by atoms with E-state index >= 15 is 0 Å². The summed E-state index contributed by atoms with van der Waals surface area (Å²) in [6.45, 7) is 0. The summed E-state index contributed by atoms with van der Waals surface area (Å²) < 4.78 is 8.28. The van der Waals surface area contributed by atoms with Gasteiger partial charge in [0.05, 0.1) is 0 Å². The predicted octanol–water partition coefficient (Wildman–Crippen LogP) is -2.15. The molecular weight excluding hydrogens is 163 g/mol. The van der Waals surface area contributed by atoms with Crippen LogP contribution in [0.5, 0.6) is 0 Å². The van der Waals surface area contributed by atoms with E-state index in [1.807, 2.05) is 0 Å². The van der Waals surface area contributed by atoms with Crippen molar-refractivity contribution in [1.82, 2.24) is 15.0 Å². The fourth-order valence-electron chi connectivity index (χ4n) is 0.427. The first-order valence-corrected chi connectivity index (χ1v) is 3.07. The van der Waals surface area contributed by atoms with Crippen LogP contribution in [0.3, 0.4) is 0 Å². The fourth-order valence-corrected chi connectivity index (χ4v) is 0.427. The maximum absolute atomic E-state index is 8.28. The van der Waals surface area contributed by atoms with Gasteiger partial charge in [-0.25, -0.2) is 0 Å². The molecule has 0 bridgehead atoms. The Morgan fingerprint density at radius 1 is 0.818 bits per heavy atom. The molecule has 0 aliphatic rings. The van der Waals surface area contributed by atoms with E-state index in [0.29, 0.717) is 16.2 Å². The molecule has 0 aromatic carbocycles. The van der Waals surface area contributed by atoms with E-state index in [1.165, 1.54) is 0 Å². The molecular formula is C3H7AlN6O. The summed E-state index contributed by atoms with van der Waals surface area (Å²) in [5.41, 5.74) is 15.4. The average Bonchev–Trinajstić information content (AvgIpc) is 1.88. The van der Waals surface area contributed by atoms with Gasteiger partial charge in [0.2, 0.25) is 17.8 Å². The zero-order valence-corrected chi connectivity index (χ0v) is 7.10. The molecule has 1 heterocycles. The van der Waals surface area contributed by atoms with Gasteiger partial charge in [-0.15, -0.1) is 0 Å². The Kier molecular flexibility index (Phi) is 4.02. The number of nitrogen functional groups attached to an aromatic ring is 3. The molecule has 1 aromatic heterocycles. The second-order valence-electron chi connectivity index (χ2n) is 1.41. The van der Waals surface area contributed by atoms with Crippen LogP contribution in [-0.4, -0.2) is 31.2 Å². The third kappa shape index (κ3) is 3.44. The first-order chi connectivity index (χ1) is 5.18. The van der Waals surface area contributed by atoms with Gasteiger partial charge in [-0.3, -0.25) is 0 Å². The van der Waals surface area contributed by atoms with Gasteiger partial charge in [-0.2, -0.15) is 15.0 Å². The molecule has 0 aliphatic carbocycles. The van der Waals surface area contributed by atoms with Crippen molar-refractivity contribution in [2.24, 2.45) is 0 Å². The van der Waals surface area contributed by atoms with Crippen molar-refractivity contribution in [1.29, 1.82) is 0 Å². The van der Waals surface area contributed by atoms with Crippen LogP contribution in [0.25, 0.3) is 0 Å². The van der Waals surface area contributed by atoms with Crippen LogP contribution < -0.4 is 17.2 Å². The van der Waals surface area contributed by atoms with Crippen LogP contribution in [-0.2, 0) is 3.80 Å². The summed E-state index contributed by atoms with van der Waals surface area (Å²) in [5, 5.41) is 0. The Balaban J connectivity index is 0.000000461. The van der Waals surface area contributed by atoms with Crippen LogP contribution in [0.1, 0.15) is 0 Å². The zero-order chi connectivity index (χ0) is 8.85. The van der Waals surface area contributed by atoms with Gasteiger partial charge in [-0.1, -0.05) is 0 Å². The van der Waals surface area contributed by atoms with Gasteiger partial charge >= 0.3 is 20.0 Å². The predicted molar refractivity (Wildman–Crippen MR) is 40.9 cm³/mol. The van der Waals surface area contributed by atoms with Crippen molar-refractivity contribution in [2.75, 3.05) is 17.2 Å². The molecule has 0 amide bonds. The van der Waals surface area contributed by atoms with E-state index < -0.39 is 0 Å². The molecule has 0 saturated carbocycles. The molecule has 6 N–H and O–H groups in total. The molecule has 1 rings (SSSR count). The van der Waals surface area contributed by atoms with Crippen LogP contribution >= 0.6 is 0 Å². The molecule has 7 nitrogen and oxygen atoms in total. The third-order valence-electron chi connectivity index (χ3n) is 0.687. The molecule has 0 aliphatic heterocycles. The van der Waals surface area contributed by atoms with E-state index in [2.05, 4.69) is 15.0 Å². The van der Waals surface area contributed by atoms with E-state index in [9.17, 15) is 0 Å². The molecule has 0 saturated heterocycles. The van der Waals surface area contributed by atoms with Crippen molar-refractivity contribution in [3.05, 3.63) is 0 Å². The summed E-state index contributed by atoms with van der Waals surface area (Å²) in [7, 11) is 0. The Labute approximate surface area is 70.7 Å². The zero-order valence-electron chi connectivity index (χ0n) is 5.69. The molecule has 8 heteroatoms. The SMILES string of the molecule is Nc1nc(N)nc(N)n1.[O]=[AlH]. The van der Waals surface area contributed by atoms with Crippen molar-refractivity contribution in [3.8, 4) is 0 Å². The molecule has 11 heavy (non-hydrogen) atoms. The minimum atomic E-state index is 0.0417. The average molecular weight is 170 g/mol. The first-order valence-electron chi connectivity index (χ1n) is 2.50. The van der Waals surface area contributed by atoms with E-state index in [4.69, 9.17) is 21.0 Å². The van der Waals surface area contributed by atoms with Gasteiger partial charge in [0.15, 0.2) is 0 Å². The Hall–Kier alpha value is -1.26. The van der Waals surface area contributed by atoms with Crippen molar-refractivity contribution >= 4 is 34.1 Å². The van der Waals surface area contributed by atoms with Crippen molar-refractivity contribution in [3.63, 3.8) is 0 Å². The van der Waals surface area contributed by atoms with Gasteiger partial charge in [0, 0.05) is 0 Å². The first kappa shape index (κ1) is 9.74. The molecule has 0 spiro atoms. The van der Waals surface area contributed by atoms with Crippen LogP contribution in [0.15, 0.2) is 0 Å². The van der Waals surface area contributed by atoms with Gasteiger partial charge in [-0.05, 0) is 0 Å². The molecule has 0 unspecified atom stereocenters. The van der Waals surface area contributed by atoms with Crippen LogP contribution in [0.2, 0.25) is 0 Å². The Bertz CT molecular complexity index is 191. The van der Waals surface area contributed by atoms with E-state index in [0.717, 1.165) is 0 Å². The Morgan fingerprint density at radius 3 is 1.18 bits per heavy atom. The molecule has 0 radical (unpaired) electrons. The van der Waals surface area contributed by atoms with E-state index in [1.54, 1.807) is 0 Å². The van der Waals surface area contributed by atoms with Crippen LogP contribution in [0.4, 0.5) is 17.8 Å². The fraction of sp³-hybridized carbons (Fsp3) is 0. The standard InChI is InChI=1S/C3H6N6.Al.O.H/c4-1-7-2(5)9-3(6)8-1;;;/h(H6,4,5,6,7,8,9);;;. The number of nitrogens with zero attached hydrogens (tertiary/aromatic N) is 3. The second kappa shape index (κ2) is 4.54. The molecule has 1 aromatic rings. The molecule has 58 valence electrons. The van der Waals surface area contributed by atoms with Crippen molar-refractivity contribution < 1.29 is 3.80 Å². The topological polar surface area (TPSA) is 134 Å². The number of rotatable bonds is 0. The monoisotopic (exact) mass is 170 g/mol. The minimum absolute atomic E-state index is 0.0417. The number of hydrogen-bond donors (Lipinski definition) is 3. The Morgan fingerprint density at radius 2 is 1.00 bits per heavy atom. The van der Waals surface area contributed by atoms with Gasteiger partial charge in [0.1, 0.15) is 0 Å². The quantitative estimate of drug-likeness (QED) is 0.378. The maximum atomic E-state index is 8.28. The second-order valence-corrected chi connectivity index (χ2v) is 1.41. The summed E-state index contributed by atoms with van der Waals surface area (Å²) in [6.07, 6.45) is 0. The van der Waals surface area contributed by atoms with Crippen molar-refractivity contribution in [2.45, 2.75) is 0 Å². The van der Waals surface area contributed by atoms with E-state index in [-0.39, 0.29) is 17.8 Å². The summed E-state index contributed by atoms with van der Waals surface area (Å²) in [6, 6.07) is 0.